The Morgan fingerprint density at radius 3 is 3.24 bits per heavy atom. The smallest absolute Gasteiger partial charge is 0.276 e. The third kappa shape index (κ3) is 3.22. The van der Waals surface area contributed by atoms with Crippen molar-refractivity contribution < 1.29 is 9.66 Å². The first-order valence-corrected chi connectivity index (χ1v) is 7.13. The zero-order chi connectivity index (χ0) is 14.8. The minimum atomic E-state index is -0.477. The lowest BCUT2D eigenvalue weighted by Gasteiger charge is -2.35. The topological polar surface area (TPSA) is 107 Å². The maximum atomic E-state index is 10.8. The highest BCUT2D eigenvalue weighted by Gasteiger charge is 2.32. The van der Waals surface area contributed by atoms with Gasteiger partial charge in [-0.15, -0.1) is 0 Å². The van der Waals surface area contributed by atoms with E-state index in [1.807, 2.05) is 0 Å². The van der Waals surface area contributed by atoms with E-state index in [0.717, 1.165) is 19.7 Å². The standard InChI is InChI=1S/C13H19N5O3/c14-12-4-10(18(19)20)5-13(16-12)15-6-11-7-17-3-1-2-9(17)8-21-11/h4-5,9,11H,1-3,6-8H2,(H3,14,15,16). The summed E-state index contributed by atoms with van der Waals surface area (Å²) >= 11 is 0. The number of pyridine rings is 1. The van der Waals surface area contributed by atoms with Crippen LogP contribution >= 0.6 is 0 Å². The average Bonchev–Trinajstić information content (AvgIpc) is 2.92. The van der Waals surface area contributed by atoms with Gasteiger partial charge in [-0.05, 0) is 19.4 Å². The van der Waals surface area contributed by atoms with Gasteiger partial charge in [0.25, 0.3) is 5.69 Å². The number of fused-ring (bicyclic) bond motifs is 1. The van der Waals surface area contributed by atoms with Gasteiger partial charge in [-0.2, -0.15) is 0 Å². The van der Waals surface area contributed by atoms with Gasteiger partial charge in [-0.25, -0.2) is 4.98 Å². The Morgan fingerprint density at radius 1 is 1.57 bits per heavy atom. The largest absolute Gasteiger partial charge is 0.383 e. The Morgan fingerprint density at radius 2 is 2.43 bits per heavy atom. The number of rotatable bonds is 4. The molecule has 0 radical (unpaired) electrons. The molecule has 3 rings (SSSR count). The summed E-state index contributed by atoms with van der Waals surface area (Å²) in [5.74, 6) is 0.546. The molecule has 2 atom stereocenters. The quantitative estimate of drug-likeness (QED) is 0.626. The lowest BCUT2D eigenvalue weighted by atomic mass is 10.2. The number of aromatic nitrogens is 1. The van der Waals surface area contributed by atoms with Crippen molar-refractivity contribution in [2.75, 3.05) is 37.3 Å². The SMILES string of the molecule is Nc1cc([N+](=O)[O-])cc(NCC2CN3CCCC3CO2)n1. The van der Waals surface area contributed by atoms with E-state index in [-0.39, 0.29) is 17.6 Å². The second-order valence-corrected chi connectivity index (χ2v) is 5.52. The first-order valence-electron chi connectivity index (χ1n) is 7.13. The molecule has 1 aromatic rings. The molecular formula is C13H19N5O3. The molecule has 0 saturated carbocycles. The fraction of sp³-hybridized carbons (Fsp3) is 0.615. The molecule has 2 saturated heterocycles. The first-order chi connectivity index (χ1) is 10.1. The molecule has 8 heteroatoms. The maximum Gasteiger partial charge on any atom is 0.276 e. The van der Waals surface area contributed by atoms with Gasteiger partial charge in [-0.3, -0.25) is 15.0 Å². The number of nitrogens with two attached hydrogens (primary N) is 1. The summed E-state index contributed by atoms with van der Waals surface area (Å²) in [5, 5.41) is 13.9. The molecule has 0 bridgehead atoms. The number of hydrogen-bond donors (Lipinski definition) is 2. The molecule has 3 heterocycles. The number of hydrogen-bond acceptors (Lipinski definition) is 7. The number of nitrogens with zero attached hydrogens (tertiary/aromatic N) is 3. The predicted octanol–water partition coefficient (Wildman–Crippen LogP) is 0.847. The van der Waals surface area contributed by atoms with Crippen molar-refractivity contribution in [1.82, 2.24) is 9.88 Å². The first kappa shape index (κ1) is 14.0. The highest BCUT2D eigenvalue weighted by Crippen LogP contribution is 2.23. The van der Waals surface area contributed by atoms with Crippen molar-refractivity contribution in [3.63, 3.8) is 0 Å². The number of morpholine rings is 1. The predicted molar refractivity (Wildman–Crippen MR) is 78.1 cm³/mol. The van der Waals surface area contributed by atoms with Crippen LogP contribution in [0.3, 0.4) is 0 Å². The molecule has 2 unspecified atom stereocenters. The summed E-state index contributed by atoms with van der Waals surface area (Å²) in [6.07, 6.45) is 2.52. The Hall–Kier alpha value is -1.93. The monoisotopic (exact) mass is 293 g/mol. The Labute approximate surface area is 122 Å². The van der Waals surface area contributed by atoms with Crippen molar-refractivity contribution in [2.45, 2.75) is 25.0 Å². The summed E-state index contributed by atoms with van der Waals surface area (Å²) in [7, 11) is 0. The normalized spacial score (nSPS) is 25.5. The van der Waals surface area contributed by atoms with Gasteiger partial charge in [0, 0.05) is 19.1 Å². The maximum absolute atomic E-state index is 10.8. The van der Waals surface area contributed by atoms with Crippen molar-refractivity contribution >= 4 is 17.3 Å². The highest BCUT2D eigenvalue weighted by atomic mass is 16.6. The van der Waals surface area contributed by atoms with Crippen LogP contribution in [0.5, 0.6) is 0 Å². The molecule has 2 aliphatic rings. The zero-order valence-corrected chi connectivity index (χ0v) is 11.7. The van der Waals surface area contributed by atoms with E-state index in [9.17, 15) is 10.1 Å². The van der Waals surface area contributed by atoms with Crippen LogP contribution in [-0.2, 0) is 4.74 Å². The van der Waals surface area contributed by atoms with Crippen LogP contribution in [0.25, 0.3) is 0 Å². The number of nitrogens with one attached hydrogen (secondary N) is 1. The Balaban J connectivity index is 1.59. The van der Waals surface area contributed by atoms with Gasteiger partial charge in [0.15, 0.2) is 0 Å². The summed E-state index contributed by atoms with van der Waals surface area (Å²) < 4.78 is 5.82. The van der Waals surface area contributed by atoms with Gasteiger partial charge in [-0.1, -0.05) is 0 Å². The number of anilines is 2. The summed E-state index contributed by atoms with van der Waals surface area (Å²) in [5.41, 5.74) is 5.52. The molecule has 21 heavy (non-hydrogen) atoms. The molecule has 0 spiro atoms. The van der Waals surface area contributed by atoms with Crippen LogP contribution in [0.4, 0.5) is 17.3 Å². The third-order valence-electron chi connectivity index (χ3n) is 4.01. The molecule has 2 fully saturated rings. The summed E-state index contributed by atoms with van der Waals surface area (Å²) in [4.78, 5) is 16.8. The number of nitrogen functional groups attached to an aromatic ring is 1. The van der Waals surface area contributed by atoms with Crippen LogP contribution in [0.2, 0.25) is 0 Å². The van der Waals surface area contributed by atoms with Crippen LogP contribution in [0, 0.1) is 10.1 Å². The van der Waals surface area contributed by atoms with Crippen molar-refractivity contribution in [3.8, 4) is 0 Å². The van der Waals surface area contributed by atoms with Crippen molar-refractivity contribution in [1.29, 1.82) is 0 Å². The van der Waals surface area contributed by atoms with Gasteiger partial charge < -0.3 is 15.8 Å². The molecule has 1 aromatic heterocycles. The van der Waals surface area contributed by atoms with Gasteiger partial charge >= 0.3 is 0 Å². The second kappa shape index (κ2) is 5.82. The molecule has 114 valence electrons. The minimum absolute atomic E-state index is 0.0610. The fourth-order valence-electron chi connectivity index (χ4n) is 2.96. The van der Waals surface area contributed by atoms with Crippen LogP contribution in [-0.4, -0.2) is 53.2 Å². The van der Waals surface area contributed by atoms with Gasteiger partial charge in [0.05, 0.1) is 29.8 Å². The lowest BCUT2D eigenvalue weighted by molar-refractivity contribution is -0.384. The van der Waals surface area contributed by atoms with Crippen molar-refractivity contribution in [2.24, 2.45) is 0 Å². The Kier molecular flexibility index (Phi) is 3.89. The van der Waals surface area contributed by atoms with Gasteiger partial charge in [0.1, 0.15) is 11.6 Å². The number of nitro groups is 1. The van der Waals surface area contributed by atoms with E-state index in [1.165, 1.54) is 25.0 Å². The fourth-order valence-corrected chi connectivity index (χ4v) is 2.96. The molecule has 2 aliphatic heterocycles. The summed E-state index contributed by atoms with van der Waals surface area (Å²) in [6, 6.07) is 3.20. The van der Waals surface area contributed by atoms with E-state index in [0.29, 0.717) is 18.4 Å². The van der Waals surface area contributed by atoms with Gasteiger partial charge in [0.2, 0.25) is 0 Å². The van der Waals surface area contributed by atoms with E-state index in [4.69, 9.17) is 10.5 Å². The van der Waals surface area contributed by atoms with E-state index < -0.39 is 4.92 Å². The van der Waals surface area contributed by atoms with Crippen LogP contribution in [0.1, 0.15) is 12.8 Å². The lowest BCUT2D eigenvalue weighted by Crippen LogP contribution is -2.48. The van der Waals surface area contributed by atoms with Crippen LogP contribution in [0.15, 0.2) is 12.1 Å². The molecule has 8 nitrogen and oxygen atoms in total. The molecular weight excluding hydrogens is 274 g/mol. The minimum Gasteiger partial charge on any atom is -0.383 e. The van der Waals surface area contributed by atoms with Crippen LogP contribution < -0.4 is 11.1 Å². The summed E-state index contributed by atoms with van der Waals surface area (Å²) in [6.45, 7) is 3.35. The molecule has 0 aliphatic carbocycles. The Bertz CT molecular complexity index is 539. The average molecular weight is 293 g/mol. The number of ether oxygens (including phenoxy) is 1. The second-order valence-electron chi connectivity index (χ2n) is 5.52. The molecule has 3 N–H and O–H groups in total. The zero-order valence-electron chi connectivity index (χ0n) is 11.7. The van der Waals surface area contributed by atoms with E-state index in [1.54, 1.807) is 0 Å². The van der Waals surface area contributed by atoms with E-state index in [2.05, 4.69) is 15.2 Å². The van der Waals surface area contributed by atoms with Crippen molar-refractivity contribution in [3.05, 3.63) is 22.2 Å². The molecule has 0 aromatic carbocycles. The third-order valence-corrected chi connectivity index (χ3v) is 4.01. The molecule has 0 amide bonds. The highest BCUT2D eigenvalue weighted by molar-refractivity contribution is 5.52. The van der Waals surface area contributed by atoms with E-state index >= 15 is 0 Å².